The van der Waals surface area contributed by atoms with E-state index in [2.05, 4.69) is 5.32 Å². The van der Waals surface area contributed by atoms with Gasteiger partial charge in [-0.15, -0.1) is 0 Å². The molecule has 8 heteroatoms. The quantitative estimate of drug-likeness (QED) is 0.775. The number of piperazine rings is 1. The van der Waals surface area contributed by atoms with Crippen LogP contribution in [0.1, 0.15) is 17.3 Å². The minimum absolute atomic E-state index is 0.0226. The molecule has 0 bridgehead atoms. The van der Waals surface area contributed by atoms with Crippen LogP contribution in [0.3, 0.4) is 0 Å². The second-order valence-electron chi connectivity index (χ2n) is 7.21. The van der Waals surface area contributed by atoms with Crippen LogP contribution in [-0.2, 0) is 4.79 Å². The van der Waals surface area contributed by atoms with Crippen molar-refractivity contribution >= 4 is 11.8 Å². The molecule has 1 N–H and O–H groups in total. The SMILES string of the molecule is COc1ccc(C(=O)N2CCN(C(=O)C(C)C3CNC3)CC2)c(OC)c1OC. The van der Waals surface area contributed by atoms with Crippen LogP contribution in [0.5, 0.6) is 17.2 Å². The van der Waals surface area contributed by atoms with E-state index < -0.39 is 0 Å². The molecule has 0 spiro atoms. The van der Waals surface area contributed by atoms with E-state index in [1.165, 1.54) is 21.3 Å². The molecule has 1 aromatic carbocycles. The van der Waals surface area contributed by atoms with Crippen LogP contribution in [-0.4, -0.2) is 82.2 Å². The number of carbonyl (C=O) groups is 2. The maximum absolute atomic E-state index is 13.1. The van der Waals surface area contributed by atoms with E-state index in [4.69, 9.17) is 14.2 Å². The third kappa shape index (κ3) is 3.73. The van der Waals surface area contributed by atoms with Crippen LogP contribution in [0.4, 0.5) is 0 Å². The molecule has 0 aliphatic carbocycles. The van der Waals surface area contributed by atoms with Crippen molar-refractivity contribution in [3.8, 4) is 17.2 Å². The lowest BCUT2D eigenvalue weighted by Crippen LogP contribution is -2.55. The van der Waals surface area contributed by atoms with Gasteiger partial charge in [-0.3, -0.25) is 9.59 Å². The number of nitrogens with one attached hydrogen (secondary N) is 1. The van der Waals surface area contributed by atoms with E-state index in [0.29, 0.717) is 54.9 Å². The molecule has 2 saturated heterocycles. The number of carbonyl (C=O) groups excluding carboxylic acids is 2. The van der Waals surface area contributed by atoms with E-state index in [-0.39, 0.29) is 17.7 Å². The lowest BCUT2D eigenvalue weighted by Gasteiger charge is -2.39. The van der Waals surface area contributed by atoms with E-state index in [1.54, 1.807) is 17.0 Å². The zero-order valence-electron chi connectivity index (χ0n) is 17.0. The first-order valence-corrected chi connectivity index (χ1v) is 9.59. The van der Waals surface area contributed by atoms with Gasteiger partial charge in [-0.05, 0) is 31.1 Å². The average Bonchev–Trinajstić information content (AvgIpc) is 2.70. The van der Waals surface area contributed by atoms with Crippen LogP contribution in [0.25, 0.3) is 0 Å². The van der Waals surface area contributed by atoms with Crippen molar-refractivity contribution in [2.45, 2.75) is 6.92 Å². The minimum Gasteiger partial charge on any atom is -0.493 e. The highest BCUT2D eigenvalue weighted by atomic mass is 16.5. The van der Waals surface area contributed by atoms with Crippen molar-refractivity contribution in [1.82, 2.24) is 15.1 Å². The lowest BCUT2D eigenvalue weighted by molar-refractivity contribution is -0.138. The molecule has 2 aliphatic rings. The second kappa shape index (κ2) is 8.68. The Morgan fingerprint density at radius 2 is 1.57 bits per heavy atom. The molecule has 154 valence electrons. The molecule has 1 aromatic rings. The topological polar surface area (TPSA) is 80.3 Å². The van der Waals surface area contributed by atoms with Gasteiger partial charge < -0.3 is 29.3 Å². The number of ether oxygens (including phenoxy) is 3. The molecule has 3 rings (SSSR count). The second-order valence-corrected chi connectivity index (χ2v) is 7.21. The molecule has 0 aromatic heterocycles. The molecule has 28 heavy (non-hydrogen) atoms. The van der Waals surface area contributed by atoms with Crippen LogP contribution in [0, 0.1) is 11.8 Å². The molecule has 8 nitrogen and oxygen atoms in total. The zero-order valence-corrected chi connectivity index (χ0v) is 17.0. The number of benzene rings is 1. The lowest BCUT2D eigenvalue weighted by atomic mass is 9.88. The standard InChI is InChI=1S/C20H29N3O5/c1-13(14-11-21-12-14)19(24)22-7-9-23(10-8-22)20(25)15-5-6-16(26-2)18(28-4)17(15)27-3/h5-6,13-14,21H,7-12H2,1-4H3. The van der Waals surface area contributed by atoms with E-state index in [9.17, 15) is 9.59 Å². The summed E-state index contributed by atoms with van der Waals surface area (Å²) in [5, 5.41) is 3.21. The van der Waals surface area contributed by atoms with Gasteiger partial charge >= 0.3 is 0 Å². The normalized spacial score (nSPS) is 18.3. The number of rotatable bonds is 6. The smallest absolute Gasteiger partial charge is 0.257 e. The average molecular weight is 391 g/mol. The molecular formula is C20H29N3O5. The summed E-state index contributed by atoms with van der Waals surface area (Å²) in [5.41, 5.74) is 0.425. The van der Waals surface area contributed by atoms with Crippen LogP contribution in [0.15, 0.2) is 12.1 Å². The maximum atomic E-state index is 13.1. The highest BCUT2D eigenvalue weighted by Gasteiger charge is 2.34. The molecular weight excluding hydrogens is 362 g/mol. The van der Waals surface area contributed by atoms with Gasteiger partial charge in [0.25, 0.3) is 5.91 Å². The number of methoxy groups -OCH3 is 3. The van der Waals surface area contributed by atoms with Crippen molar-refractivity contribution in [1.29, 1.82) is 0 Å². The van der Waals surface area contributed by atoms with Gasteiger partial charge in [0.1, 0.15) is 0 Å². The summed E-state index contributed by atoms with van der Waals surface area (Å²) in [6.07, 6.45) is 0. The van der Waals surface area contributed by atoms with E-state index in [1.807, 2.05) is 11.8 Å². The summed E-state index contributed by atoms with van der Waals surface area (Å²) in [7, 11) is 4.55. The summed E-state index contributed by atoms with van der Waals surface area (Å²) in [6, 6.07) is 3.38. The van der Waals surface area contributed by atoms with E-state index in [0.717, 1.165) is 13.1 Å². The fourth-order valence-corrected chi connectivity index (χ4v) is 3.72. The summed E-state index contributed by atoms with van der Waals surface area (Å²) in [4.78, 5) is 29.4. The fraction of sp³-hybridized carbons (Fsp3) is 0.600. The third-order valence-corrected chi connectivity index (χ3v) is 5.72. The zero-order chi connectivity index (χ0) is 20.3. The molecule has 2 aliphatic heterocycles. The van der Waals surface area contributed by atoms with E-state index >= 15 is 0 Å². The van der Waals surface area contributed by atoms with Crippen LogP contribution >= 0.6 is 0 Å². The number of hydrogen-bond acceptors (Lipinski definition) is 6. The van der Waals surface area contributed by atoms with Crippen molar-refractivity contribution < 1.29 is 23.8 Å². The Bertz CT molecular complexity index is 727. The Kier molecular flexibility index (Phi) is 6.28. The molecule has 1 unspecified atom stereocenters. The van der Waals surface area contributed by atoms with Gasteiger partial charge in [-0.25, -0.2) is 0 Å². The number of amides is 2. The van der Waals surface area contributed by atoms with Crippen molar-refractivity contribution in [3.63, 3.8) is 0 Å². The minimum atomic E-state index is -0.138. The van der Waals surface area contributed by atoms with Crippen LogP contribution in [0.2, 0.25) is 0 Å². The maximum Gasteiger partial charge on any atom is 0.257 e. The predicted octanol–water partition coefficient (Wildman–Crippen LogP) is 0.852. The Hall–Kier alpha value is -2.48. The summed E-state index contributed by atoms with van der Waals surface area (Å²) in [5.74, 6) is 1.75. The highest BCUT2D eigenvalue weighted by Crippen LogP contribution is 2.40. The molecule has 0 radical (unpaired) electrons. The van der Waals surface area contributed by atoms with Crippen molar-refractivity contribution in [3.05, 3.63) is 17.7 Å². The van der Waals surface area contributed by atoms with Crippen molar-refractivity contribution in [2.24, 2.45) is 11.8 Å². The molecule has 2 fully saturated rings. The predicted molar refractivity (Wildman–Crippen MR) is 104 cm³/mol. The summed E-state index contributed by atoms with van der Waals surface area (Å²) >= 11 is 0. The van der Waals surface area contributed by atoms with Crippen molar-refractivity contribution in [2.75, 3.05) is 60.6 Å². The molecule has 2 amide bonds. The number of hydrogen-bond donors (Lipinski definition) is 1. The first-order valence-electron chi connectivity index (χ1n) is 9.59. The molecule has 1 atom stereocenters. The van der Waals surface area contributed by atoms with Gasteiger partial charge in [-0.1, -0.05) is 6.92 Å². The first kappa shape index (κ1) is 20.3. The third-order valence-electron chi connectivity index (χ3n) is 5.72. The van der Waals surface area contributed by atoms with Gasteiger partial charge in [0.2, 0.25) is 11.7 Å². The fourth-order valence-electron chi connectivity index (χ4n) is 3.72. The monoisotopic (exact) mass is 391 g/mol. The van der Waals surface area contributed by atoms with Gasteiger partial charge in [0, 0.05) is 32.1 Å². The Morgan fingerprint density at radius 3 is 2.07 bits per heavy atom. The molecule has 2 heterocycles. The summed E-state index contributed by atoms with van der Waals surface area (Å²) in [6.45, 7) is 5.90. The van der Waals surface area contributed by atoms with Crippen LogP contribution < -0.4 is 19.5 Å². The van der Waals surface area contributed by atoms with Gasteiger partial charge in [0.05, 0.1) is 26.9 Å². The largest absolute Gasteiger partial charge is 0.493 e. The van der Waals surface area contributed by atoms with Gasteiger partial charge in [0.15, 0.2) is 11.5 Å². The highest BCUT2D eigenvalue weighted by molar-refractivity contribution is 5.98. The molecule has 0 saturated carbocycles. The number of nitrogens with zero attached hydrogens (tertiary/aromatic N) is 2. The Labute approximate surface area is 165 Å². The summed E-state index contributed by atoms with van der Waals surface area (Å²) < 4.78 is 16.1. The Balaban J connectivity index is 1.67. The Morgan fingerprint density at radius 1 is 0.964 bits per heavy atom. The first-order chi connectivity index (χ1) is 13.5. The van der Waals surface area contributed by atoms with Gasteiger partial charge in [-0.2, -0.15) is 0 Å².